The molecule has 0 aliphatic carbocycles. The number of ether oxygens (including phenoxy) is 3. The fourth-order valence-electron chi connectivity index (χ4n) is 2.67. The molecule has 2 N–H and O–H groups in total. The number of benzene rings is 1. The van der Waals surface area contributed by atoms with Crippen molar-refractivity contribution in [3.63, 3.8) is 0 Å². The molecule has 0 aliphatic rings. The Balaban J connectivity index is 0.00000392. The van der Waals surface area contributed by atoms with Gasteiger partial charge in [0.25, 0.3) is 0 Å². The first-order valence-corrected chi connectivity index (χ1v) is 8.93. The molecule has 0 unspecified atom stereocenters. The highest BCUT2D eigenvalue weighted by Gasteiger charge is 2.15. The molecule has 0 spiro atoms. The van der Waals surface area contributed by atoms with Crippen LogP contribution in [0, 0.1) is 0 Å². The summed E-state index contributed by atoms with van der Waals surface area (Å²) in [4.78, 5) is 8.87. The first-order chi connectivity index (χ1) is 13.2. The van der Waals surface area contributed by atoms with Crippen LogP contribution in [-0.2, 0) is 13.0 Å². The van der Waals surface area contributed by atoms with Gasteiger partial charge in [-0.25, -0.2) is 4.99 Å². The molecule has 0 fully saturated rings. The van der Waals surface area contributed by atoms with Gasteiger partial charge < -0.3 is 24.8 Å². The highest BCUT2D eigenvalue weighted by Crippen LogP contribution is 2.39. The van der Waals surface area contributed by atoms with Gasteiger partial charge in [-0.3, -0.25) is 4.98 Å². The van der Waals surface area contributed by atoms with Crippen molar-refractivity contribution in [2.24, 2.45) is 4.99 Å². The van der Waals surface area contributed by atoms with E-state index in [2.05, 4.69) is 20.6 Å². The zero-order valence-corrected chi connectivity index (χ0v) is 19.2. The van der Waals surface area contributed by atoms with Crippen molar-refractivity contribution in [3.8, 4) is 17.2 Å². The third-order valence-corrected chi connectivity index (χ3v) is 3.94. The van der Waals surface area contributed by atoms with Gasteiger partial charge in [-0.1, -0.05) is 12.1 Å². The van der Waals surface area contributed by atoms with E-state index >= 15 is 0 Å². The van der Waals surface area contributed by atoms with E-state index in [9.17, 15) is 0 Å². The van der Waals surface area contributed by atoms with Gasteiger partial charge in [0, 0.05) is 24.8 Å². The van der Waals surface area contributed by atoms with Gasteiger partial charge >= 0.3 is 0 Å². The minimum absolute atomic E-state index is 0. The van der Waals surface area contributed by atoms with E-state index in [-0.39, 0.29) is 24.0 Å². The maximum atomic E-state index is 5.53. The third kappa shape index (κ3) is 6.74. The number of aromatic nitrogens is 1. The quantitative estimate of drug-likeness (QED) is 0.313. The molecule has 0 atom stereocenters. The van der Waals surface area contributed by atoms with Crippen LogP contribution in [0.15, 0.2) is 41.5 Å². The van der Waals surface area contributed by atoms with Crippen molar-refractivity contribution in [1.29, 1.82) is 0 Å². The van der Waals surface area contributed by atoms with Crippen LogP contribution < -0.4 is 24.8 Å². The summed E-state index contributed by atoms with van der Waals surface area (Å²) in [5.41, 5.74) is 1.96. The van der Waals surface area contributed by atoms with E-state index in [0.717, 1.165) is 30.2 Å². The van der Waals surface area contributed by atoms with Crippen molar-refractivity contribution in [1.82, 2.24) is 15.6 Å². The van der Waals surface area contributed by atoms with Crippen molar-refractivity contribution < 1.29 is 14.2 Å². The zero-order valence-electron chi connectivity index (χ0n) is 16.8. The van der Waals surface area contributed by atoms with Crippen LogP contribution in [0.3, 0.4) is 0 Å². The lowest BCUT2D eigenvalue weighted by molar-refractivity contribution is 0.322. The van der Waals surface area contributed by atoms with Gasteiger partial charge in [-0.15, -0.1) is 24.0 Å². The average molecular weight is 500 g/mol. The molecule has 1 heterocycles. The normalized spacial score (nSPS) is 10.6. The molecule has 28 heavy (non-hydrogen) atoms. The molecule has 0 radical (unpaired) electrons. The zero-order chi connectivity index (χ0) is 19.5. The number of halogens is 1. The number of hydrogen-bond donors (Lipinski definition) is 2. The SMILES string of the molecule is CCNC(=NCc1ccccn1)NCCc1ccc(OC)c(OC)c1OC.I. The number of rotatable bonds is 9. The Labute approximate surface area is 183 Å². The van der Waals surface area contributed by atoms with Gasteiger partial charge in [0.2, 0.25) is 5.75 Å². The number of guanidine groups is 1. The molecule has 1 aromatic carbocycles. The number of methoxy groups -OCH3 is 3. The third-order valence-electron chi connectivity index (χ3n) is 3.94. The topological polar surface area (TPSA) is 77.0 Å². The maximum absolute atomic E-state index is 5.53. The first kappa shape index (κ1) is 23.8. The van der Waals surface area contributed by atoms with E-state index in [1.54, 1.807) is 27.5 Å². The molecular formula is C20H29IN4O3. The van der Waals surface area contributed by atoms with Crippen molar-refractivity contribution in [2.75, 3.05) is 34.4 Å². The average Bonchev–Trinajstić information content (AvgIpc) is 2.72. The predicted octanol–water partition coefficient (Wildman–Crippen LogP) is 3.02. The Morgan fingerprint density at radius 2 is 1.79 bits per heavy atom. The van der Waals surface area contributed by atoms with E-state index in [4.69, 9.17) is 14.2 Å². The lowest BCUT2D eigenvalue weighted by atomic mass is 10.1. The lowest BCUT2D eigenvalue weighted by Crippen LogP contribution is -2.38. The Morgan fingerprint density at radius 1 is 1.00 bits per heavy atom. The standard InChI is InChI=1S/C20H28N4O3.HI/c1-5-21-20(24-14-16-8-6-7-12-22-16)23-13-11-15-9-10-17(25-2)19(27-4)18(15)26-3;/h6-10,12H,5,11,13-14H2,1-4H3,(H2,21,23,24);1H. The van der Waals surface area contributed by atoms with Crippen molar-refractivity contribution in [2.45, 2.75) is 19.9 Å². The summed E-state index contributed by atoms with van der Waals surface area (Å²) < 4.78 is 16.3. The van der Waals surface area contributed by atoms with Crippen molar-refractivity contribution >= 4 is 29.9 Å². The second-order valence-corrected chi connectivity index (χ2v) is 5.69. The largest absolute Gasteiger partial charge is 0.493 e. The summed E-state index contributed by atoms with van der Waals surface area (Å²) in [7, 11) is 4.85. The molecule has 0 bridgehead atoms. The Kier molecular flexibility index (Phi) is 11.1. The highest BCUT2D eigenvalue weighted by atomic mass is 127. The highest BCUT2D eigenvalue weighted by molar-refractivity contribution is 14.0. The summed E-state index contributed by atoms with van der Waals surface area (Å²) in [6.45, 7) is 4.04. The molecular weight excluding hydrogens is 471 g/mol. The molecule has 7 nitrogen and oxygen atoms in total. The molecule has 0 saturated heterocycles. The monoisotopic (exact) mass is 500 g/mol. The van der Waals surface area contributed by atoms with E-state index in [0.29, 0.717) is 30.3 Å². The molecule has 2 aromatic rings. The molecule has 2 rings (SSSR count). The number of aliphatic imine (C=N–C) groups is 1. The Morgan fingerprint density at radius 3 is 2.39 bits per heavy atom. The minimum atomic E-state index is 0. The van der Waals surface area contributed by atoms with E-state index in [1.807, 2.05) is 37.3 Å². The molecule has 8 heteroatoms. The Hall–Kier alpha value is -2.23. The number of nitrogens with one attached hydrogen (secondary N) is 2. The van der Waals surface area contributed by atoms with Crippen LogP contribution in [0.1, 0.15) is 18.2 Å². The lowest BCUT2D eigenvalue weighted by Gasteiger charge is -2.16. The molecule has 1 aromatic heterocycles. The van der Waals surface area contributed by atoms with Crippen LogP contribution >= 0.6 is 24.0 Å². The number of nitrogens with zero attached hydrogens (tertiary/aromatic N) is 2. The summed E-state index contributed by atoms with van der Waals surface area (Å²) in [5, 5.41) is 6.58. The maximum Gasteiger partial charge on any atom is 0.203 e. The van der Waals surface area contributed by atoms with E-state index in [1.165, 1.54) is 0 Å². The molecule has 0 saturated carbocycles. The molecule has 0 aliphatic heterocycles. The minimum Gasteiger partial charge on any atom is -0.493 e. The fraction of sp³-hybridized carbons (Fsp3) is 0.400. The number of hydrogen-bond acceptors (Lipinski definition) is 5. The van der Waals surface area contributed by atoms with Crippen molar-refractivity contribution in [3.05, 3.63) is 47.8 Å². The summed E-state index contributed by atoms with van der Waals surface area (Å²) in [6.07, 6.45) is 2.52. The second kappa shape index (κ2) is 13.0. The molecule has 154 valence electrons. The van der Waals surface area contributed by atoms with Crippen LogP contribution in [0.5, 0.6) is 17.2 Å². The van der Waals surface area contributed by atoms with E-state index < -0.39 is 0 Å². The summed E-state index contributed by atoms with van der Waals surface area (Å²) in [5.74, 6) is 2.70. The van der Waals surface area contributed by atoms with Crippen LogP contribution in [-0.4, -0.2) is 45.4 Å². The first-order valence-electron chi connectivity index (χ1n) is 8.93. The Bertz CT molecular complexity index is 742. The number of pyridine rings is 1. The smallest absolute Gasteiger partial charge is 0.203 e. The fourth-order valence-corrected chi connectivity index (χ4v) is 2.67. The van der Waals surface area contributed by atoms with Crippen LogP contribution in [0.25, 0.3) is 0 Å². The summed E-state index contributed by atoms with van der Waals surface area (Å²) in [6, 6.07) is 9.69. The summed E-state index contributed by atoms with van der Waals surface area (Å²) >= 11 is 0. The molecule has 0 amide bonds. The van der Waals surface area contributed by atoms with Gasteiger partial charge in [-0.05, 0) is 31.5 Å². The van der Waals surface area contributed by atoms with Gasteiger partial charge in [0.1, 0.15) is 0 Å². The van der Waals surface area contributed by atoms with Gasteiger partial charge in [0.05, 0.1) is 33.6 Å². The van der Waals surface area contributed by atoms with Crippen LogP contribution in [0.4, 0.5) is 0 Å². The predicted molar refractivity (Wildman–Crippen MR) is 122 cm³/mol. The second-order valence-electron chi connectivity index (χ2n) is 5.69. The van der Waals surface area contributed by atoms with Crippen LogP contribution in [0.2, 0.25) is 0 Å². The van der Waals surface area contributed by atoms with Gasteiger partial charge in [-0.2, -0.15) is 0 Å². The van der Waals surface area contributed by atoms with Gasteiger partial charge in [0.15, 0.2) is 17.5 Å².